The number of aromatic nitrogens is 2. The van der Waals surface area contributed by atoms with Gasteiger partial charge in [-0.25, -0.2) is 14.4 Å². The number of benzene rings is 1. The highest BCUT2D eigenvalue weighted by Gasteiger charge is 2.11. The van der Waals surface area contributed by atoms with Crippen LogP contribution in [0.2, 0.25) is 0 Å². The Hall–Kier alpha value is -2.53. The van der Waals surface area contributed by atoms with Gasteiger partial charge in [0.05, 0.1) is 22.0 Å². The number of halogens is 1. The van der Waals surface area contributed by atoms with E-state index < -0.39 is 0 Å². The van der Waals surface area contributed by atoms with Gasteiger partial charge in [0.25, 0.3) is 0 Å². The summed E-state index contributed by atoms with van der Waals surface area (Å²) in [7, 11) is 0. The average Bonchev–Trinajstić information content (AvgIpc) is 3.10. The quantitative estimate of drug-likeness (QED) is 0.745. The summed E-state index contributed by atoms with van der Waals surface area (Å²) < 4.78 is 13.2. The minimum Gasteiger partial charge on any atom is -0.384 e. The largest absolute Gasteiger partial charge is 0.384 e. The lowest BCUT2D eigenvalue weighted by Gasteiger charge is -2.10. The van der Waals surface area contributed by atoms with Crippen LogP contribution in [0.15, 0.2) is 54.4 Å². The van der Waals surface area contributed by atoms with Crippen molar-refractivity contribution in [2.45, 2.75) is 6.92 Å². The van der Waals surface area contributed by atoms with Crippen molar-refractivity contribution in [2.75, 3.05) is 6.54 Å². The molecule has 0 unspecified atom stereocenters. The van der Waals surface area contributed by atoms with Gasteiger partial charge in [-0.05, 0) is 48.7 Å². The molecule has 3 aromatic rings. The number of rotatable bonds is 5. The summed E-state index contributed by atoms with van der Waals surface area (Å²) in [6.45, 7) is 6.80. The molecule has 116 valence electrons. The van der Waals surface area contributed by atoms with Gasteiger partial charge < -0.3 is 5.32 Å². The van der Waals surface area contributed by atoms with Crippen molar-refractivity contribution < 1.29 is 4.39 Å². The second-order valence-electron chi connectivity index (χ2n) is 4.96. The molecule has 0 saturated carbocycles. The molecule has 5 heteroatoms. The topological polar surface area (TPSA) is 37.8 Å². The van der Waals surface area contributed by atoms with E-state index in [9.17, 15) is 4.39 Å². The summed E-state index contributed by atoms with van der Waals surface area (Å²) >= 11 is 1.58. The fourth-order valence-electron chi connectivity index (χ4n) is 2.19. The first-order valence-electron chi connectivity index (χ1n) is 7.29. The predicted molar refractivity (Wildman–Crippen MR) is 93.4 cm³/mol. The monoisotopic (exact) mass is 325 g/mol. The third-order valence-electron chi connectivity index (χ3n) is 3.31. The van der Waals surface area contributed by atoms with Crippen LogP contribution in [0.5, 0.6) is 0 Å². The number of hydrogen-bond donors (Lipinski definition) is 1. The molecule has 0 radical (unpaired) electrons. The first kappa shape index (κ1) is 15.4. The Bertz CT molecular complexity index is 811. The van der Waals surface area contributed by atoms with Crippen molar-refractivity contribution in [3.63, 3.8) is 0 Å². The minimum atomic E-state index is -0.265. The van der Waals surface area contributed by atoms with Crippen LogP contribution in [-0.4, -0.2) is 16.5 Å². The van der Waals surface area contributed by atoms with Crippen LogP contribution in [-0.2, 0) is 0 Å². The van der Waals surface area contributed by atoms with Crippen molar-refractivity contribution in [1.29, 1.82) is 0 Å². The number of nitrogens with zero attached hydrogens (tertiary/aromatic N) is 2. The molecule has 0 aliphatic carbocycles. The molecule has 0 bridgehead atoms. The Balaban J connectivity index is 2.11. The maximum atomic E-state index is 13.2. The lowest BCUT2D eigenvalue weighted by molar-refractivity contribution is 0.628. The molecule has 0 spiro atoms. The molecule has 0 amide bonds. The van der Waals surface area contributed by atoms with Crippen molar-refractivity contribution in [3.8, 4) is 22.0 Å². The molecule has 0 aliphatic rings. The van der Waals surface area contributed by atoms with Gasteiger partial charge in [0, 0.05) is 12.1 Å². The summed E-state index contributed by atoms with van der Waals surface area (Å²) in [5.74, 6) is 0.384. The minimum absolute atomic E-state index is 0.265. The van der Waals surface area contributed by atoms with E-state index in [2.05, 4.69) is 21.9 Å². The van der Waals surface area contributed by atoms with Crippen molar-refractivity contribution in [3.05, 3.63) is 65.9 Å². The zero-order chi connectivity index (χ0) is 16.2. The Morgan fingerprint density at radius 1 is 1.22 bits per heavy atom. The van der Waals surface area contributed by atoms with Crippen molar-refractivity contribution in [2.24, 2.45) is 0 Å². The van der Waals surface area contributed by atoms with Crippen LogP contribution in [0.3, 0.4) is 0 Å². The van der Waals surface area contributed by atoms with Crippen molar-refractivity contribution >= 4 is 17.0 Å². The lowest BCUT2D eigenvalue weighted by atomic mass is 10.1. The molecule has 3 nitrogen and oxygen atoms in total. The smallest absolute Gasteiger partial charge is 0.170 e. The van der Waals surface area contributed by atoms with E-state index in [1.807, 2.05) is 30.5 Å². The molecule has 3 rings (SSSR count). The summed E-state index contributed by atoms with van der Waals surface area (Å²) in [4.78, 5) is 10.2. The number of hydrogen-bond acceptors (Lipinski definition) is 4. The zero-order valence-electron chi connectivity index (χ0n) is 12.7. The summed E-state index contributed by atoms with van der Waals surface area (Å²) in [6.07, 6.45) is 0. The van der Waals surface area contributed by atoms with Crippen LogP contribution in [0.25, 0.3) is 27.7 Å². The highest BCUT2D eigenvalue weighted by atomic mass is 32.1. The fourth-order valence-corrected chi connectivity index (χ4v) is 2.85. The maximum absolute atomic E-state index is 13.2. The molecule has 2 aromatic heterocycles. The molecule has 0 fully saturated rings. The number of thiophene rings is 1. The second kappa shape index (κ2) is 6.71. The summed E-state index contributed by atoms with van der Waals surface area (Å²) in [6, 6.07) is 12.1. The second-order valence-corrected chi connectivity index (χ2v) is 5.90. The van der Waals surface area contributed by atoms with E-state index in [1.165, 1.54) is 12.1 Å². The summed E-state index contributed by atoms with van der Waals surface area (Å²) in [5, 5.41) is 5.17. The first-order chi connectivity index (χ1) is 11.2. The van der Waals surface area contributed by atoms with Crippen LogP contribution >= 0.6 is 11.3 Å². The number of nitrogens with one attached hydrogen (secondary N) is 1. The zero-order valence-corrected chi connectivity index (χ0v) is 13.5. The third-order valence-corrected chi connectivity index (χ3v) is 4.17. The lowest BCUT2D eigenvalue weighted by Crippen LogP contribution is -2.11. The Kier molecular flexibility index (Phi) is 4.48. The molecule has 1 N–H and O–H groups in total. The molecule has 23 heavy (non-hydrogen) atoms. The molecular weight excluding hydrogens is 309 g/mol. The van der Waals surface area contributed by atoms with E-state index in [0.717, 1.165) is 34.1 Å². The Morgan fingerprint density at radius 3 is 2.65 bits per heavy atom. The van der Waals surface area contributed by atoms with Gasteiger partial charge in [-0.3, -0.25) is 0 Å². The van der Waals surface area contributed by atoms with E-state index in [4.69, 9.17) is 0 Å². The molecule has 0 saturated heterocycles. The van der Waals surface area contributed by atoms with Gasteiger partial charge in [-0.2, -0.15) is 0 Å². The van der Waals surface area contributed by atoms with Crippen LogP contribution < -0.4 is 5.32 Å². The van der Waals surface area contributed by atoms with E-state index in [0.29, 0.717) is 5.82 Å². The Morgan fingerprint density at radius 2 is 2.00 bits per heavy atom. The first-order valence-corrected chi connectivity index (χ1v) is 8.17. The van der Waals surface area contributed by atoms with E-state index in [-0.39, 0.29) is 5.82 Å². The van der Waals surface area contributed by atoms with Gasteiger partial charge in [0.1, 0.15) is 5.82 Å². The van der Waals surface area contributed by atoms with Gasteiger partial charge in [-0.15, -0.1) is 11.3 Å². The van der Waals surface area contributed by atoms with Crippen LogP contribution in [0.4, 0.5) is 4.39 Å². The van der Waals surface area contributed by atoms with Gasteiger partial charge in [0.2, 0.25) is 0 Å². The van der Waals surface area contributed by atoms with E-state index in [1.54, 1.807) is 23.5 Å². The van der Waals surface area contributed by atoms with Crippen LogP contribution in [0.1, 0.15) is 12.6 Å². The summed E-state index contributed by atoms with van der Waals surface area (Å²) in [5.41, 5.74) is 3.08. The molecule has 0 atom stereocenters. The SMILES string of the molecule is C=C(NCC)c1cc(-c2ccc(F)cc2)nc(-c2cccs2)n1. The average molecular weight is 325 g/mol. The fraction of sp³-hybridized carbons (Fsp3) is 0.111. The normalized spacial score (nSPS) is 10.5. The van der Waals surface area contributed by atoms with Crippen LogP contribution in [0, 0.1) is 5.82 Å². The van der Waals surface area contributed by atoms with Gasteiger partial charge >= 0.3 is 0 Å². The molecule has 0 aliphatic heterocycles. The standard InChI is InChI=1S/C18H16FN3S/c1-3-20-12(2)15-11-16(13-6-8-14(19)9-7-13)22-18(21-15)17-5-4-10-23-17/h4-11,20H,2-3H2,1H3. The molecule has 1 aromatic carbocycles. The molecule has 2 heterocycles. The van der Waals surface area contributed by atoms with Crippen molar-refractivity contribution in [1.82, 2.24) is 15.3 Å². The highest BCUT2D eigenvalue weighted by molar-refractivity contribution is 7.13. The Labute approximate surface area is 138 Å². The maximum Gasteiger partial charge on any atom is 0.170 e. The highest BCUT2D eigenvalue weighted by Crippen LogP contribution is 2.27. The van der Waals surface area contributed by atoms with Gasteiger partial charge in [0.15, 0.2) is 5.82 Å². The van der Waals surface area contributed by atoms with Gasteiger partial charge in [-0.1, -0.05) is 12.6 Å². The van der Waals surface area contributed by atoms with E-state index >= 15 is 0 Å². The predicted octanol–water partition coefficient (Wildman–Crippen LogP) is 4.59. The third kappa shape index (κ3) is 3.46. The molecular formula is C18H16FN3S.